The first kappa shape index (κ1) is 23.5. The predicted octanol–water partition coefficient (Wildman–Crippen LogP) is 2.77. The quantitative estimate of drug-likeness (QED) is 0.361. The molecular formula is C24H18O11. The fraction of sp³-hybridized carbons (Fsp3) is 0.167. The van der Waals surface area contributed by atoms with Crippen molar-refractivity contribution in [1.82, 2.24) is 0 Å². The van der Waals surface area contributed by atoms with Crippen molar-refractivity contribution >= 4 is 33.9 Å². The number of ether oxygens (including phenoxy) is 3. The fourth-order valence-electron chi connectivity index (χ4n) is 3.36. The van der Waals surface area contributed by atoms with Crippen LogP contribution in [0.5, 0.6) is 11.5 Å². The molecule has 0 aliphatic heterocycles. The third-order valence-corrected chi connectivity index (χ3v) is 5.04. The first-order chi connectivity index (χ1) is 16.8. The summed E-state index contributed by atoms with van der Waals surface area (Å²) in [5.74, 6) is -3.37. The van der Waals surface area contributed by atoms with Crippen LogP contribution in [-0.4, -0.2) is 48.6 Å². The van der Waals surface area contributed by atoms with E-state index in [0.717, 1.165) is 12.1 Å². The highest BCUT2D eigenvalue weighted by Gasteiger charge is 2.18. The maximum Gasteiger partial charge on any atom is 0.371 e. The molecule has 0 fully saturated rings. The molecule has 0 saturated heterocycles. The minimum Gasteiger partial charge on any atom is -0.490 e. The molecule has 2 N–H and O–H groups in total. The van der Waals surface area contributed by atoms with Crippen LogP contribution in [0.1, 0.15) is 21.1 Å². The van der Waals surface area contributed by atoms with Gasteiger partial charge in [-0.25, -0.2) is 9.59 Å². The minimum absolute atomic E-state index is 0.0563. The molecule has 0 unspecified atom stereocenters. The van der Waals surface area contributed by atoms with Gasteiger partial charge in [-0.3, -0.25) is 9.59 Å². The maximum atomic E-state index is 12.4. The zero-order chi connectivity index (χ0) is 25.1. The Kier molecular flexibility index (Phi) is 6.51. The minimum atomic E-state index is -1.37. The summed E-state index contributed by atoms with van der Waals surface area (Å²) in [6, 6.07) is 10.8. The third kappa shape index (κ3) is 4.84. The molecule has 2 aromatic carbocycles. The number of methoxy groups -OCH3 is 1. The van der Waals surface area contributed by atoms with Gasteiger partial charge in [0, 0.05) is 19.2 Å². The Morgan fingerprint density at radius 1 is 0.800 bits per heavy atom. The van der Waals surface area contributed by atoms with Gasteiger partial charge >= 0.3 is 11.9 Å². The molecule has 0 radical (unpaired) electrons. The van der Waals surface area contributed by atoms with Crippen molar-refractivity contribution in [1.29, 1.82) is 0 Å². The highest BCUT2D eigenvalue weighted by Crippen LogP contribution is 2.25. The number of aromatic carboxylic acids is 2. The van der Waals surface area contributed by atoms with Gasteiger partial charge in [0.15, 0.2) is 10.9 Å². The van der Waals surface area contributed by atoms with Gasteiger partial charge in [-0.2, -0.15) is 0 Å². The summed E-state index contributed by atoms with van der Waals surface area (Å²) in [5.41, 5.74) is -1.04. The van der Waals surface area contributed by atoms with E-state index in [-0.39, 0.29) is 46.7 Å². The van der Waals surface area contributed by atoms with Crippen LogP contribution in [0.4, 0.5) is 0 Å². The van der Waals surface area contributed by atoms with Crippen LogP contribution in [0.3, 0.4) is 0 Å². The Labute approximate surface area is 195 Å². The van der Waals surface area contributed by atoms with E-state index in [1.54, 1.807) is 12.1 Å². The van der Waals surface area contributed by atoms with Crippen molar-refractivity contribution < 1.29 is 42.8 Å². The molecule has 180 valence electrons. The van der Waals surface area contributed by atoms with Gasteiger partial charge in [-0.05, 0) is 24.3 Å². The largest absolute Gasteiger partial charge is 0.490 e. The Balaban J connectivity index is 1.52. The summed E-state index contributed by atoms with van der Waals surface area (Å²) >= 11 is 0. The molecule has 4 rings (SSSR count). The summed E-state index contributed by atoms with van der Waals surface area (Å²) < 4.78 is 27.3. The molecule has 0 bridgehead atoms. The van der Waals surface area contributed by atoms with E-state index >= 15 is 0 Å². The molecule has 2 heterocycles. The number of carbonyl (C=O) groups is 2. The monoisotopic (exact) mass is 482 g/mol. The number of carboxylic acids is 2. The molecule has 4 aromatic rings. The van der Waals surface area contributed by atoms with E-state index in [1.807, 2.05) is 0 Å². The van der Waals surface area contributed by atoms with Crippen molar-refractivity contribution in [3.63, 3.8) is 0 Å². The van der Waals surface area contributed by atoms with Crippen LogP contribution >= 0.6 is 0 Å². The summed E-state index contributed by atoms with van der Waals surface area (Å²) in [7, 11) is 1.42. The topological polar surface area (TPSA) is 163 Å². The number of carboxylic acid groups (broad SMARTS) is 2. The zero-order valence-electron chi connectivity index (χ0n) is 18.2. The van der Waals surface area contributed by atoms with Crippen molar-refractivity contribution in [3.8, 4) is 11.5 Å². The Morgan fingerprint density at radius 2 is 1.23 bits per heavy atom. The SMILES string of the molecule is COC(COc1cccc2oc(C(=O)O)cc(=O)c12)COc1cccc2oc(C(=O)O)cc(=O)c12. The van der Waals surface area contributed by atoms with Gasteiger partial charge in [-0.1, -0.05) is 12.1 Å². The van der Waals surface area contributed by atoms with E-state index in [0.29, 0.717) is 0 Å². The molecule has 0 atom stereocenters. The van der Waals surface area contributed by atoms with Gasteiger partial charge in [0.05, 0.1) is 0 Å². The molecule has 0 aliphatic rings. The molecule has 0 amide bonds. The smallest absolute Gasteiger partial charge is 0.371 e. The second kappa shape index (κ2) is 9.69. The lowest BCUT2D eigenvalue weighted by atomic mass is 10.2. The zero-order valence-corrected chi connectivity index (χ0v) is 18.2. The Hall–Kier alpha value is -4.64. The highest BCUT2D eigenvalue weighted by atomic mass is 16.6. The summed E-state index contributed by atoms with van der Waals surface area (Å²) in [5, 5.41) is 18.3. The molecule has 0 aliphatic carbocycles. The van der Waals surface area contributed by atoms with Gasteiger partial charge in [0.2, 0.25) is 11.5 Å². The highest BCUT2D eigenvalue weighted by molar-refractivity contribution is 5.90. The average Bonchev–Trinajstić information content (AvgIpc) is 2.83. The number of hydrogen-bond donors (Lipinski definition) is 2. The molecule has 11 nitrogen and oxygen atoms in total. The first-order valence-corrected chi connectivity index (χ1v) is 10.2. The Bertz CT molecular complexity index is 1430. The summed E-state index contributed by atoms with van der Waals surface area (Å²) in [6.45, 7) is -0.115. The van der Waals surface area contributed by atoms with Crippen molar-refractivity contribution in [3.05, 3.63) is 80.5 Å². The predicted molar refractivity (Wildman–Crippen MR) is 121 cm³/mol. The third-order valence-electron chi connectivity index (χ3n) is 5.04. The number of hydrogen-bond acceptors (Lipinski definition) is 9. The summed E-state index contributed by atoms with van der Waals surface area (Å²) in [6.07, 6.45) is -0.642. The van der Waals surface area contributed by atoms with E-state index in [4.69, 9.17) is 33.3 Å². The molecule has 0 spiro atoms. The molecule has 2 aromatic heterocycles. The van der Waals surface area contributed by atoms with Gasteiger partial charge in [0.25, 0.3) is 0 Å². The first-order valence-electron chi connectivity index (χ1n) is 10.2. The van der Waals surface area contributed by atoms with Crippen molar-refractivity contribution in [2.45, 2.75) is 6.10 Å². The normalized spacial score (nSPS) is 11.1. The van der Waals surface area contributed by atoms with E-state index in [1.165, 1.54) is 31.4 Å². The van der Waals surface area contributed by atoms with Crippen LogP contribution in [0.15, 0.2) is 67.0 Å². The standard InChI is InChI=1S/C24H18O11/c1-31-12(10-32-15-4-2-6-17-21(15)13(25)8-19(34-17)23(27)28)11-33-16-5-3-7-18-22(16)14(26)9-20(35-18)24(29)30/h2-9,12H,10-11H2,1H3,(H,27,28)(H,29,30). The second-order valence-electron chi connectivity index (χ2n) is 7.30. The lowest BCUT2D eigenvalue weighted by molar-refractivity contribution is 0.0245. The average molecular weight is 482 g/mol. The lowest BCUT2D eigenvalue weighted by Crippen LogP contribution is -2.28. The fourth-order valence-corrected chi connectivity index (χ4v) is 3.36. The van der Waals surface area contributed by atoms with Crippen LogP contribution in [0, 0.1) is 0 Å². The van der Waals surface area contributed by atoms with Crippen molar-refractivity contribution in [2.75, 3.05) is 20.3 Å². The van der Waals surface area contributed by atoms with E-state index in [2.05, 4.69) is 0 Å². The van der Waals surface area contributed by atoms with Gasteiger partial charge in [0.1, 0.15) is 52.8 Å². The van der Waals surface area contributed by atoms with Gasteiger partial charge < -0.3 is 33.3 Å². The summed E-state index contributed by atoms with van der Waals surface area (Å²) in [4.78, 5) is 47.1. The van der Waals surface area contributed by atoms with E-state index in [9.17, 15) is 19.2 Å². The molecule has 11 heteroatoms. The van der Waals surface area contributed by atoms with Crippen LogP contribution in [0.2, 0.25) is 0 Å². The number of fused-ring (bicyclic) bond motifs is 2. The molecular weight excluding hydrogens is 464 g/mol. The maximum absolute atomic E-state index is 12.4. The number of benzene rings is 2. The molecule has 35 heavy (non-hydrogen) atoms. The van der Waals surface area contributed by atoms with Crippen molar-refractivity contribution in [2.24, 2.45) is 0 Å². The van der Waals surface area contributed by atoms with Crippen LogP contribution < -0.4 is 20.3 Å². The van der Waals surface area contributed by atoms with E-state index < -0.39 is 40.4 Å². The lowest BCUT2D eigenvalue weighted by Gasteiger charge is -2.18. The Morgan fingerprint density at radius 3 is 1.60 bits per heavy atom. The number of rotatable bonds is 9. The van der Waals surface area contributed by atoms with Gasteiger partial charge in [-0.15, -0.1) is 0 Å². The molecule has 0 saturated carbocycles. The second-order valence-corrected chi connectivity index (χ2v) is 7.30. The van der Waals surface area contributed by atoms with Crippen LogP contribution in [-0.2, 0) is 4.74 Å². The van der Waals surface area contributed by atoms with Crippen LogP contribution in [0.25, 0.3) is 21.9 Å².